The van der Waals surface area contributed by atoms with Gasteiger partial charge >= 0.3 is 0 Å². The van der Waals surface area contributed by atoms with Gasteiger partial charge < -0.3 is 11.1 Å². The Morgan fingerprint density at radius 3 is 2.92 bits per heavy atom. The molecule has 1 aliphatic heterocycles. The van der Waals surface area contributed by atoms with Gasteiger partial charge in [0.2, 0.25) is 5.91 Å². The number of primary amides is 1. The molecule has 0 aromatic rings. The van der Waals surface area contributed by atoms with Crippen LogP contribution in [0.5, 0.6) is 0 Å². The van der Waals surface area contributed by atoms with E-state index in [2.05, 4.69) is 15.6 Å². The van der Waals surface area contributed by atoms with Crippen molar-refractivity contribution in [1.82, 2.24) is 10.8 Å². The first-order chi connectivity index (χ1) is 6.20. The summed E-state index contributed by atoms with van der Waals surface area (Å²) in [6, 6.07) is -0.201. The third-order valence-electron chi connectivity index (χ3n) is 1.76. The molecule has 0 unspecified atom stereocenters. The summed E-state index contributed by atoms with van der Waals surface area (Å²) >= 11 is 0. The Bertz CT molecular complexity index is 201. The minimum absolute atomic E-state index is 0.201. The number of rotatable bonds is 4. The molecular weight excluding hydrogens is 174 g/mol. The summed E-state index contributed by atoms with van der Waals surface area (Å²) in [5, 5.41) is 2.99. The van der Waals surface area contributed by atoms with Crippen LogP contribution in [0.15, 0.2) is 0 Å². The van der Waals surface area contributed by atoms with Crippen LogP contribution in [0.1, 0.15) is 12.8 Å². The molecule has 6 nitrogen and oxygen atoms in total. The lowest BCUT2D eigenvalue weighted by molar-refractivity contribution is -0.139. The van der Waals surface area contributed by atoms with E-state index in [-0.39, 0.29) is 18.6 Å². The lowest BCUT2D eigenvalue weighted by atomic mass is 10.2. The summed E-state index contributed by atoms with van der Waals surface area (Å²) < 4.78 is 0. The molecule has 6 heteroatoms. The van der Waals surface area contributed by atoms with Gasteiger partial charge in [0.1, 0.15) is 0 Å². The van der Waals surface area contributed by atoms with Gasteiger partial charge in [0.25, 0.3) is 5.91 Å². The van der Waals surface area contributed by atoms with Crippen LogP contribution in [-0.2, 0) is 14.4 Å². The van der Waals surface area contributed by atoms with Crippen LogP contribution in [0, 0.1) is 0 Å². The van der Waals surface area contributed by atoms with Crippen molar-refractivity contribution < 1.29 is 14.4 Å². The van der Waals surface area contributed by atoms with Crippen LogP contribution < -0.4 is 16.5 Å². The van der Waals surface area contributed by atoms with Crippen molar-refractivity contribution in [1.29, 1.82) is 0 Å². The number of amides is 2. The van der Waals surface area contributed by atoms with Crippen LogP contribution in [0.4, 0.5) is 0 Å². The second-order valence-corrected chi connectivity index (χ2v) is 2.87. The molecule has 0 aromatic carbocycles. The number of hydroxylamine groups is 1. The van der Waals surface area contributed by atoms with Gasteiger partial charge in [-0.05, 0) is 19.4 Å². The minimum Gasteiger partial charge on any atom is -0.368 e. The summed E-state index contributed by atoms with van der Waals surface area (Å²) in [5.41, 5.74) is 6.95. The molecule has 0 saturated carbocycles. The normalized spacial score (nSPS) is 21.4. The number of nitrogens with two attached hydrogens (primary N) is 1. The predicted octanol–water partition coefficient (Wildman–Crippen LogP) is -1.73. The van der Waals surface area contributed by atoms with E-state index in [1.54, 1.807) is 0 Å². The largest absolute Gasteiger partial charge is 0.368 e. The number of nitrogens with one attached hydrogen (secondary N) is 2. The van der Waals surface area contributed by atoms with Gasteiger partial charge in [-0.1, -0.05) is 0 Å². The highest BCUT2D eigenvalue weighted by molar-refractivity contribution is 5.81. The Labute approximate surface area is 75.8 Å². The molecular formula is C7H13N3O3. The fraction of sp³-hybridized carbons (Fsp3) is 0.714. The molecule has 0 aliphatic carbocycles. The van der Waals surface area contributed by atoms with E-state index in [0.717, 1.165) is 19.4 Å². The van der Waals surface area contributed by atoms with Gasteiger partial charge in [-0.15, -0.1) is 0 Å². The fourth-order valence-corrected chi connectivity index (χ4v) is 1.16. The highest BCUT2D eigenvalue weighted by atomic mass is 16.7. The number of carbonyl (C=O) groups excluding carboxylic acids is 2. The maximum absolute atomic E-state index is 11.2. The summed E-state index contributed by atoms with van der Waals surface area (Å²) in [7, 11) is 0. The number of hydrogen-bond acceptors (Lipinski definition) is 4. The summed E-state index contributed by atoms with van der Waals surface area (Å²) in [6.07, 6.45) is 1.78. The van der Waals surface area contributed by atoms with E-state index in [0.29, 0.717) is 0 Å². The second kappa shape index (κ2) is 4.78. The fourth-order valence-electron chi connectivity index (χ4n) is 1.16. The molecule has 74 valence electrons. The van der Waals surface area contributed by atoms with Gasteiger partial charge in [0.15, 0.2) is 6.61 Å². The molecule has 1 saturated heterocycles. The highest BCUT2D eigenvalue weighted by Crippen LogP contribution is 2.03. The van der Waals surface area contributed by atoms with Crippen LogP contribution in [-0.4, -0.2) is 31.0 Å². The third kappa shape index (κ3) is 3.39. The van der Waals surface area contributed by atoms with Crippen molar-refractivity contribution >= 4 is 11.8 Å². The number of carbonyl (C=O) groups is 2. The Balaban J connectivity index is 2.13. The standard InChI is InChI=1S/C7H13N3O3/c8-6(11)4-13-10-7(12)5-2-1-3-9-5/h5,9H,1-4H2,(H2,8,11)(H,10,12)/t5-/m0/s1. The molecule has 4 N–H and O–H groups in total. The molecule has 1 atom stereocenters. The summed E-state index contributed by atoms with van der Waals surface area (Å²) in [6.45, 7) is 0.548. The van der Waals surface area contributed by atoms with Gasteiger partial charge in [0.05, 0.1) is 6.04 Å². The minimum atomic E-state index is -0.611. The first-order valence-corrected chi connectivity index (χ1v) is 4.13. The van der Waals surface area contributed by atoms with Gasteiger partial charge in [-0.2, -0.15) is 0 Å². The van der Waals surface area contributed by atoms with Crippen LogP contribution in [0.2, 0.25) is 0 Å². The van der Waals surface area contributed by atoms with Crippen molar-refractivity contribution in [2.24, 2.45) is 5.73 Å². The van der Waals surface area contributed by atoms with Gasteiger partial charge in [-0.25, -0.2) is 5.48 Å². The van der Waals surface area contributed by atoms with E-state index in [1.165, 1.54) is 0 Å². The zero-order valence-corrected chi connectivity index (χ0v) is 7.21. The zero-order chi connectivity index (χ0) is 9.68. The lowest BCUT2D eigenvalue weighted by Gasteiger charge is -2.09. The van der Waals surface area contributed by atoms with Crippen molar-refractivity contribution in [2.75, 3.05) is 13.2 Å². The monoisotopic (exact) mass is 187 g/mol. The van der Waals surface area contributed by atoms with Crippen molar-refractivity contribution in [3.63, 3.8) is 0 Å². The van der Waals surface area contributed by atoms with E-state index < -0.39 is 5.91 Å². The van der Waals surface area contributed by atoms with Crippen LogP contribution >= 0.6 is 0 Å². The Kier molecular flexibility index (Phi) is 3.66. The molecule has 1 rings (SSSR count). The summed E-state index contributed by atoms with van der Waals surface area (Å²) in [5.74, 6) is -0.863. The Morgan fingerprint density at radius 1 is 1.62 bits per heavy atom. The lowest BCUT2D eigenvalue weighted by Crippen LogP contribution is -2.41. The average molecular weight is 187 g/mol. The first-order valence-electron chi connectivity index (χ1n) is 4.13. The molecule has 2 amide bonds. The van der Waals surface area contributed by atoms with Crippen molar-refractivity contribution in [2.45, 2.75) is 18.9 Å². The zero-order valence-electron chi connectivity index (χ0n) is 7.21. The smallest absolute Gasteiger partial charge is 0.260 e. The molecule has 0 spiro atoms. The Morgan fingerprint density at radius 2 is 2.38 bits per heavy atom. The maximum Gasteiger partial charge on any atom is 0.260 e. The van der Waals surface area contributed by atoms with Gasteiger partial charge in [0, 0.05) is 0 Å². The van der Waals surface area contributed by atoms with Crippen LogP contribution in [0.25, 0.3) is 0 Å². The van der Waals surface area contributed by atoms with Crippen molar-refractivity contribution in [3.05, 3.63) is 0 Å². The number of hydrogen-bond donors (Lipinski definition) is 3. The average Bonchev–Trinajstić information content (AvgIpc) is 2.55. The van der Waals surface area contributed by atoms with E-state index in [4.69, 9.17) is 5.73 Å². The predicted molar refractivity (Wildman–Crippen MR) is 44.3 cm³/mol. The van der Waals surface area contributed by atoms with E-state index in [9.17, 15) is 9.59 Å². The third-order valence-corrected chi connectivity index (χ3v) is 1.76. The molecule has 13 heavy (non-hydrogen) atoms. The highest BCUT2D eigenvalue weighted by Gasteiger charge is 2.21. The van der Waals surface area contributed by atoms with E-state index >= 15 is 0 Å². The quantitative estimate of drug-likeness (QED) is 0.456. The maximum atomic E-state index is 11.2. The van der Waals surface area contributed by atoms with Gasteiger partial charge in [-0.3, -0.25) is 14.4 Å². The molecule has 1 aliphatic rings. The molecule has 0 aromatic heterocycles. The van der Waals surface area contributed by atoms with E-state index in [1.807, 2.05) is 0 Å². The second-order valence-electron chi connectivity index (χ2n) is 2.87. The molecule has 0 bridgehead atoms. The SMILES string of the molecule is NC(=O)CONC(=O)[C@@H]1CCCN1. The topological polar surface area (TPSA) is 93.5 Å². The Hall–Kier alpha value is -1.14. The summed E-state index contributed by atoms with van der Waals surface area (Å²) in [4.78, 5) is 26.0. The van der Waals surface area contributed by atoms with Crippen LogP contribution in [0.3, 0.4) is 0 Å². The molecule has 1 heterocycles. The first kappa shape index (κ1) is 9.94. The molecule has 1 fully saturated rings. The van der Waals surface area contributed by atoms with Crippen molar-refractivity contribution in [3.8, 4) is 0 Å². The molecule has 0 radical (unpaired) electrons.